The predicted octanol–water partition coefficient (Wildman–Crippen LogP) is 1.91. The van der Waals surface area contributed by atoms with E-state index in [1.54, 1.807) is 11.3 Å². The number of nitrogens with zero attached hydrogens (tertiary/aromatic N) is 4. The van der Waals surface area contributed by atoms with Crippen molar-refractivity contribution in [2.45, 2.75) is 26.9 Å². The van der Waals surface area contributed by atoms with Crippen LogP contribution in [0.5, 0.6) is 0 Å². The minimum atomic E-state index is 0.731. The molecule has 0 unspecified atom stereocenters. The van der Waals surface area contributed by atoms with Crippen LogP contribution in [0.2, 0.25) is 0 Å². The summed E-state index contributed by atoms with van der Waals surface area (Å²) in [6.07, 6.45) is 1.89. The Bertz CT molecular complexity index is 552. The Morgan fingerprint density at radius 2 is 2.11 bits per heavy atom. The molecule has 0 spiro atoms. The van der Waals surface area contributed by atoms with Crippen LogP contribution in [-0.4, -0.2) is 29.0 Å². The van der Waals surface area contributed by atoms with Crippen LogP contribution < -0.4 is 10.2 Å². The van der Waals surface area contributed by atoms with E-state index in [1.807, 2.05) is 39.0 Å². The molecule has 2 aromatic rings. The van der Waals surface area contributed by atoms with Gasteiger partial charge in [0.15, 0.2) is 0 Å². The third-order valence-electron chi connectivity index (χ3n) is 2.84. The van der Waals surface area contributed by atoms with Crippen LogP contribution in [0.4, 0.5) is 5.95 Å². The van der Waals surface area contributed by atoms with E-state index >= 15 is 0 Å². The van der Waals surface area contributed by atoms with Crippen LogP contribution in [0.3, 0.4) is 0 Å². The average molecular weight is 277 g/mol. The maximum absolute atomic E-state index is 4.55. The van der Waals surface area contributed by atoms with Crippen molar-refractivity contribution >= 4 is 17.3 Å². The molecule has 6 heteroatoms. The molecule has 102 valence electrons. The Morgan fingerprint density at radius 3 is 2.68 bits per heavy atom. The molecular formula is C13H19N5S. The second-order valence-corrected chi connectivity index (χ2v) is 5.59. The fraction of sp³-hybridized carbons (Fsp3) is 0.462. The first kappa shape index (κ1) is 13.9. The van der Waals surface area contributed by atoms with Crippen LogP contribution in [0.15, 0.2) is 11.6 Å². The molecule has 2 rings (SSSR count). The first-order chi connectivity index (χ1) is 9.10. The maximum Gasteiger partial charge on any atom is 0.225 e. The molecule has 0 saturated heterocycles. The van der Waals surface area contributed by atoms with Gasteiger partial charge in [0.2, 0.25) is 5.95 Å². The number of aromatic nitrogens is 3. The van der Waals surface area contributed by atoms with Gasteiger partial charge in [0.05, 0.1) is 17.2 Å². The van der Waals surface area contributed by atoms with Crippen LogP contribution in [-0.2, 0) is 13.1 Å². The van der Waals surface area contributed by atoms with E-state index in [1.165, 1.54) is 0 Å². The molecule has 0 fully saturated rings. The normalized spacial score (nSPS) is 10.7. The lowest BCUT2D eigenvalue weighted by molar-refractivity contribution is 0.783. The fourth-order valence-electron chi connectivity index (χ4n) is 1.82. The zero-order valence-electron chi connectivity index (χ0n) is 11.8. The lowest BCUT2D eigenvalue weighted by Crippen LogP contribution is -2.20. The topological polar surface area (TPSA) is 53.9 Å². The first-order valence-corrected chi connectivity index (χ1v) is 7.07. The van der Waals surface area contributed by atoms with Gasteiger partial charge in [0, 0.05) is 36.4 Å². The van der Waals surface area contributed by atoms with Gasteiger partial charge in [0.25, 0.3) is 0 Å². The summed E-state index contributed by atoms with van der Waals surface area (Å²) in [6.45, 7) is 5.55. The van der Waals surface area contributed by atoms with Gasteiger partial charge in [-0.1, -0.05) is 0 Å². The van der Waals surface area contributed by atoms with Gasteiger partial charge >= 0.3 is 0 Å². The highest BCUT2D eigenvalue weighted by Crippen LogP contribution is 2.14. The van der Waals surface area contributed by atoms with E-state index in [4.69, 9.17) is 0 Å². The second kappa shape index (κ2) is 6.08. The first-order valence-electron chi connectivity index (χ1n) is 6.19. The van der Waals surface area contributed by atoms with Gasteiger partial charge in [-0.25, -0.2) is 15.0 Å². The maximum atomic E-state index is 4.55. The summed E-state index contributed by atoms with van der Waals surface area (Å²) in [5.41, 5.74) is 3.20. The zero-order valence-corrected chi connectivity index (χ0v) is 12.6. The smallest absolute Gasteiger partial charge is 0.225 e. The molecular weight excluding hydrogens is 258 g/mol. The Hall–Kier alpha value is -1.53. The van der Waals surface area contributed by atoms with Gasteiger partial charge in [0.1, 0.15) is 0 Å². The highest BCUT2D eigenvalue weighted by molar-refractivity contribution is 7.09. The van der Waals surface area contributed by atoms with Crippen molar-refractivity contribution in [3.63, 3.8) is 0 Å². The van der Waals surface area contributed by atoms with Crippen LogP contribution in [0.1, 0.15) is 22.0 Å². The van der Waals surface area contributed by atoms with E-state index in [0.717, 1.165) is 41.0 Å². The minimum absolute atomic E-state index is 0.731. The summed E-state index contributed by atoms with van der Waals surface area (Å²) in [4.78, 5) is 15.4. The molecule has 19 heavy (non-hydrogen) atoms. The highest BCUT2D eigenvalue weighted by Gasteiger charge is 2.09. The quantitative estimate of drug-likeness (QED) is 0.904. The summed E-state index contributed by atoms with van der Waals surface area (Å²) in [6, 6.07) is 0. The lowest BCUT2D eigenvalue weighted by Gasteiger charge is -2.16. The second-order valence-electron chi connectivity index (χ2n) is 4.52. The highest BCUT2D eigenvalue weighted by atomic mass is 32.1. The number of anilines is 1. The molecule has 0 amide bonds. The number of aryl methyl sites for hydroxylation is 2. The summed E-state index contributed by atoms with van der Waals surface area (Å²) in [5, 5.41) is 6.28. The predicted molar refractivity (Wildman–Crippen MR) is 78.5 cm³/mol. The average Bonchev–Trinajstić information content (AvgIpc) is 2.77. The third-order valence-corrected chi connectivity index (χ3v) is 3.66. The van der Waals surface area contributed by atoms with Gasteiger partial charge in [-0.2, -0.15) is 0 Å². The van der Waals surface area contributed by atoms with E-state index in [-0.39, 0.29) is 0 Å². The van der Waals surface area contributed by atoms with Crippen LogP contribution in [0.25, 0.3) is 0 Å². The molecule has 0 aliphatic carbocycles. The SMILES string of the molecule is CNCc1cnc(N(C)Cc2csc(C)n2)nc1C. The number of nitrogens with one attached hydrogen (secondary N) is 1. The Labute approximate surface area is 117 Å². The molecule has 0 aliphatic rings. The van der Waals surface area contributed by atoms with Crippen molar-refractivity contribution in [3.05, 3.63) is 33.5 Å². The molecule has 2 heterocycles. The lowest BCUT2D eigenvalue weighted by atomic mass is 10.2. The molecule has 0 radical (unpaired) electrons. The van der Waals surface area contributed by atoms with E-state index in [0.29, 0.717) is 0 Å². The Morgan fingerprint density at radius 1 is 1.32 bits per heavy atom. The van der Waals surface area contributed by atoms with E-state index < -0.39 is 0 Å². The third kappa shape index (κ3) is 3.48. The standard InChI is InChI=1S/C13H19N5S/c1-9-11(5-14-3)6-15-13(16-9)18(4)7-12-8-19-10(2)17-12/h6,8,14H,5,7H2,1-4H3. The number of rotatable bonds is 5. The van der Waals surface area contributed by atoms with E-state index in [9.17, 15) is 0 Å². The Balaban J connectivity index is 2.10. The molecule has 0 bridgehead atoms. The van der Waals surface area contributed by atoms with Gasteiger partial charge < -0.3 is 10.2 Å². The molecule has 0 saturated carbocycles. The molecule has 0 aliphatic heterocycles. The van der Waals surface area contributed by atoms with Crippen molar-refractivity contribution in [1.29, 1.82) is 0 Å². The van der Waals surface area contributed by atoms with Gasteiger partial charge in [-0.15, -0.1) is 11.3 Å². The summed E-state index contributed by atoms with van der Waals surface area (Å²) >= 11 is 1.67. The monoisotopic (exact) mass is 277 g/mol. The number of hydrogen-bond acceptors (Lipinski definition) is 6. The molecule has 0 atom stereocenters. The van der Waals surface area contributed by atoms with Crippen molar-refractivity contribution in [3.8, 4) is 0 Å². The van der Waals surface area contributed by atoms with Crippen LogP contribution in [0, 0.1) is 13.8 Å². The van der Waals surface area contributed by atoms with Gasteiger partial charge in [-0.3, -0.25) is 0 Å². The van der Waals surface area contributed by atoms with Crippen molar-refractivity contribution in [2.24, 2.45) is 0 Å². The molecule has 1 N–H and O–H groups in total. The zero-order chi connectivity index (χ0) is 13.8. The summed E-state index contributed by atoms with van der Waals surface area (Å²) < 4.78 is 0. The summed E-state index contributed by atoms with van der Waals surface area (Å²) in [7, 11) is 3.91. The van der Waals surface area contributed by atoms with Crippen molar-refractivity contribution < 1.29 is 0 Å². The Kier molecular flexibility index (Phi) is 4.44. The minimum Gasteiger partial charge on any atom is -0.338 e. The number of thiazole rings is 1. The molecule has 5 nitrogen and oxygen atoms in total. The van der Waals surface area contributed by atoms with Crippen LogP contribution >= 0.6 is 11.3 Å². The fourth-order valence-corrected chi connectivity index (χ4v) is 2.43. The number of hydrogen-bond donors (Lipinski definition) is 1. The molecule has 0 aromatic carbocycles. The summed E-state index contributed by atoms with van der Waals surface area (Å²) in [5.74, 6) is 0.739. The van der Waals surface area contributed by atoms with E-state index in [2.05, 4.69) is 25.6 Å². The van der Waals surface area contributed by atoms with Crippen molar-refractivity contribution in [2.75, 3.05) is 19.0 Å². The largest absolute Gasteiger partial charge is 0.338 e. The molecule has 2 aromatic heterocycles. The van der Waals surface area contributed by atoms with Crippen molar-refractivity contribution in [1.82, 2.24) is 20.3 Å². The van der Waals surface area contributed by atoms with Gasteiger partial charge in [-0.05, 0) is 20.9 Å².